The Morgan fingerprint density at radius 1 is 1.00 bits per heavy atom. The minimum atomic E-state index is -0.0729. The number of ether oxygens (including phenoxy) is 1. The van der Waals surface area contributed by atoms with Crippen molar-refractivity contribution in [2.45, 2.75) is 44.4 Å². The third-order valence-corrected chi connectivity index (χ3v) is 4.61. The molecule has 1 saturated carbocycles. The van der Waals surface area contributed by atoms with E-state index in [-0.39, 0.29) is 12.1 Å². The Morgan fingerprint density at radius 3 is 2.35 bits per heavy atom. The van der Waals surface area contributed by atoms with Crippen molar-refractivity contribution in [2.24, 2.45) is 0 Å². The maximum atomic E-state index is 9.63. The summed E-state index contributed by atoms with van der Waals surface area (Å²) in [4.78, 5) is 4.00. The lowest BCUT2D eigenvalue weighted by Gasteiger charge is -2.28. The average molecular weight is 312 g/mol. The highest BCUT2D eigenvalue weighted by Gasteiger charge is 2.32. The molecule has 2 N–H and O–H groups in total. The number of nitrogens with zero attached hydrogens (tertiary/aromatic N) is 1. The van der Waals surface area contributed by atoms with Crippen molar-refractivity contribution in [1.82, 2.24) is 10.3 Å². The van der Waals surface area contributed by atoms with Gasteiger partial charge >= 0.3 is 0 Å². The number of benzene rings is 1. The Morgan fingerprint density at radius 2 is 1.70 bits per heavy atom. The standard InChI is InChI=1S/C19H24N2O2/c22-15-19(9-1-2-10-19)21-13-16-3-5-18(6-4-16)23-14-17-7-11-20-12-8-17/h3-8,11-12,21-22H,1-2,9-10,13-15H2. The molecule has 1 aromatic carbocycles. The lowest BCUT2D eigenvalue weighted by Crippen LogP contribution is -2.45. The Balaban J connectivity index is 1.51. The minimum Gasteiger partial charge on any atom is -0.489 e. The van der Waals surface area contributed by atoms with Crippen LogP contribution in [0.1, 0.15) is 36.8 Å². The van der Waals surface area contributed by atoms with E-state index in [4.69, 9.17) is 4.74 Å². The molecule has 23 heavy (non-hydrogen) atoms. The fourth-order valence-corrected chi connectivity index (χ4v) is 3.08. The van der Waals surface area contributed by atoms with Gasteiger partial charge in [0.05, 0.1) is 6.61 Å². The third kappa shape index (κ3) is 4.30. The summed E-state index contributed by atoms with van der Waals surface area (Å²) in [7, 11) is 0. The fraction of sp³-hybridized carbons (Fsp3) is 0.421. The quantitative estimate of drug-likeness (QED) is 0.825. The summed E-state index contributed by atoms with van der Waals surface area (Å²) in [5.74, 6) is 0.864. The largest absolute Gasteiger partial charge is 0.489 e. The molecule has 1 aliphatic carbocycles. The predicted molar refractivity (Wildman–Crippen MR) is 90.1 cm³/mol. The van der Waals surface area contributed by atoms with E-state index in [9.17, 15) is 5.11 Å². The van der Waals surface area contributed by atoms with E-state index in [0.29, 0.717) is 6.61 Å². The van der Waals surface area contributed by atoms with Gasteiger partial charge in [0.25, 0.3) is 0 Å². The molecule has 2 aromatic rings. The maximum Gasteiger partial charge on any atom is 0.119 e. The molecule has 0 spiro atoms. The van der Waals surface area contributed by atoms with Crippen LogP contribution in [-0.2, 0) is 13.2 Å². The van der Waals surface area contributed by atoms with Crippen LogP contribution in [0.4, 0.5) is 0 Å². The van der Waals surface area contributed by atoms with Gasteiger partial charge in [-0.15, -0.1) is 0 Å². The first-order valence-electron chi connectivity index (χ1n) is 8.26. The predicted octanol–water partition coefficient (Wildman–Crippen LogP) is 3.06. The first kappa shape index (κ1) is 16.0. The highest BCUT2D eigenvalue weighted by atomic mass is 16.5. The second-order valence-electron chi connectivity index (χ2n) is 6.29. The van der Waals surface area contributed by atoms with Crippen LogP contribution in [0, 0.1) is 0 Å². The van der Waals surface area contributed by atoms with E-state index in [1.807, 2.05) is 24.3 Å². The van der Waals surface area contributed by atoms with Gasteiger partial charge in [0.15, 0.2) is 0 Å². The summed E-state index contributed by atoms with van der Waals surface area (Å²) >= 11 is 0. The van der Waals surface area contributed by atoms with E-state index in [2.05, 4.69) is 22.4 Å². The number of hydrogen-bond donors (Lipinski definition) is 2. The summed E-state index contributed by atoms with van der Waals surface area (Å²) in [6, 6.07) is 12.1. The molecule has 1 heterocycles. The first-order chi connectivity index (χ1) is 11.3. The van der Waals surface area contributed by atoms with Crippen LogP contribution in [0.2, 0.25) is 0 Å². The minimum absolute atomic E-state index is 0.0729. The molecule has 4 heteroatoms. The van der Waals surface area contributed by atoms with Crippen LogP contribution in [-0.4, -0.2) is 22.2 Å². The fourth-order valence-electron chi connectivity index (χ4n) is 3.08. The van der Waals surface area contributed by atoms with Crippen molar-refractivity contribution in [3.05, 3.63) is 59.9 Å². The number of nitrogens with one attached hydrogen (secondary N) is 1. The second-order valence-corrected chi connectivity index (χ2v) is 6.29. The topological polar surface area (TPSA) is 54.4 Å². The Kier molecular flexibility index (Phi) is 5.26. The number of aromatic nitrogens is 1. The van der Waals surface area contributed by atoms with Crippen molar-refractivity contribution in [3.63, 3.8) is 0 Å². The van der Waals surface area contributed by atoms with Crippen LogP contribution in [0.3, 0.4) is 0 Å². The smallest absolute Gasteiger partial charge is 0.119 e. The van der Waals surface area contributed by atoms with Crippen molar-refractivity contribution in [2.75, 3.05) is 6.61 Å². The van der Waals surface area contributed by atoms with Crippen molar-refractivity contribution >= 4 is 0 Å². The third-order valence-electron chi connectivity index (χ3n) is 4.61. The molecule has 0 unspecified atom stereocenters. The lowest BCUT2D eigenvalue weighted by molar-refractivity contribution is 0.163. The molecule has 4 nitrogen and oxygen atoms in total. The summed E-state index contributed by atoms with van der Waals surface area (Å²) < 4.78 is 5.78. The van der Waals surface area contributed by atoms with Gasteiger partial charge < -0.3 is 15.2 Å². The Hall–Kier alpha value is -1.91. The number of aliphatic hydroxyl groups excluding tert-OH is 1. The van der Waals surface area contributed by atoms with Gasteiger partial charge in [-0.05, 0) is 48.2 Å². The molecule has 0 bridgehead atoms. The molecule has 1 aliphatic rings. The highest BCUT2D eigenvalue weighted by Crippen LogP contribution is 2.29. The van der Waals surface area contributed by atoms with Gasteiger partial charge in [-0.2, -0.15) is 0 Å². The Bertz CT molecular complexity index is 593. The summed E-state index contributed by atoms with van der Waals surface area (Å²) in [5, 5.41) is 13.2. The SMILES string of the molecule is OCC1(NCc2ccc(OCc3ccncc3)cc2)CCCC1. The monoisotopic (exact) mass is 312 g/mol. The van der Waals surface area contributed by atoms with Crippen molar-refractivity contribution < 1.29 is 9.84 Å². The zero-order valence-electron chi connectivity index (χ0n) is 13.4. The molecule has 0 atom stereocenters. The van der Waals surface area contributed by atoms with E-state index in [1.54, 1.807) is 12.4 Å². The van der Waals surface area contributed by atoms with Crippen molar-refractivity contribution in [3.8, 4) is 5.75 Å². The van der Waals surface area contributed by atoms with E-state index >= 15 is 0 Å². The molecular formula is C19H24N2O2. The van der Waals surface area contributed by atoms with Crippen LogP contribution >= 0.6 is 0 Å². The van der Waals surface area contributed by atoms with E-state index in [1.165, 1.54) is 18.4 Å². The molecule has 0 radical (unpaired) electrons. The number of hydrogen-bond acceptors (Lipinski definition) is 4. The average Bonchev–Trinajstić information content (AvgIpc) is 3.09. The summed E-state index contributed by atoms with van der Waals surface area (Å²) in [6.07, 6.45) is 8.08. The molecule has 1 fully saturated rings. The molecule has 3 rings (SSSR count). The molecule has 0 aliphatic heterocycles. The van der Waals surface area contributed by atoms with Gasteiger partial charge in [-0.1, -0.05) is 25.0 Å². The molecule has 122 valence electrons. The van der Waals surface area contributed by atoms with Crippen molar-refractivity contribution in [1.29, 1.82) is 0 Å². The van der Waals surface area contributed by atoms with Gasteiger partial charge in [-0.3, -0.25) is 4.98 Å². The second kappa shape index (κ2) is 7.57. The summed E-state index contributed by atoms with van der Waals surface area (Å²) in [6.45, 7) is 1.55. The van der Waals surface area contributed by atoms with Gasteiger partial charge in [-0.25, -0.2) is 0 Å². The maximum absolute atomic E-state index is 9.63. The van der Waals surface area contributed by atoms with Crippen LogP contribution < -0.4 is 10.1 Å². The zero-order valence-corrected chi connectivity index (χ0v) is 13.4. The normalized spacial score (nSPS) is 16.4. The van der Waals surface area contributed by atoms with Gasteiger partial charge in [0.2, 0.25) is 0 Å². The van der Waals surface area contributed by atoms with Crippen LogP contribution in [0.5, 0.6) is 5.75 Å². The molecular weight excluding hydrogens is 288 g/mol. The molecule has 1 aromatic heterocycles. The molecule has 0 amide bonds. The lowest BCUT2D eigenvalue weighted by atomic mass is 9.98. The van der Waals surface area contributed by atoms with E-state index in [0.717, 1.165) is 30.7 Å². The van der Waals surface area contributed by atoms with Crippen LogP contribution in [0.25, 0.3) is 0 Å². The number of rotatable bonds is 7. The zero-order chi connectivity index (χ0) is 16.0. The van der Waals surface area contributed by atoms with Gasteiger partial charge in [0.1, 0.15) is 12.4 Å². The first-order valence-corrected chi connectivity index (χ1v) is 8.26. The highest BCUT2D eigenvalue weighted by molar-refractivity contribution is 5.27. The van der Waals surface area contributed by atoms with E-state index < -0.39 is 0 Å². The summed E-state index contributed by atoms with van der Waals surface area (Å²) in [5.41, 5.74) is 2.24. The Labute approximate surface area is 137 Å². The molecule has 0 saturated heterocycles. The van der Waals surface area contributed by atoms with Crippen LogP contribution in [0.15, 0.2) is 48.8 Å². The number of aliphatic hydroxyl groups is 1. The van der Waals surface area contributed by atoms with Gasteiger partial charge in [0, 0.05) is 24.5 Å². The number of pyridine rings is 1.